The molecule has 1 atom stereocenters. The molecular formula is C6H14OSi. The maximum Gasteiger partial charge on any atom is 0.120 e. The van der Waals surface area contributed by atoms with Crippen LogP contribution in [0.3, 0.4) is 0 Å². The zero-order chi connectivity index (χ0) is 6.78. The molecule has 0 aromatic heterocycles. The molecule has 0 heterocycles. The van der Waals surface area contributed by atoms with Crippen molar-refractivity contribution in [1.29, 1.82) is 0 Å². The van der Waals surface area contributed by atoms with Gasteiger partial charge >= 0.3 is 0 Å². The molecular weight excluding hydrogens is 116 g/mol. The van der Waals surface area contributed by atoms with Gasteiger partial charge in [0.05, 0.1) is 8.07 Å². The van der Waals surface area contributed by atoms with Gasteiger partial charge in [0.2, 0.25) is 0 Å². The Kier molecular flexibility index (Phi) is 2.41. The summed E-state index contributed by atoms with van der Waals surface area (Å²) in [7, 11) is -1.13. The molecule has 48 valence electrons. The standard InChI is InChI=1S/C6H14OSi/c1-6(5-7)8(2,3)4/h5-6H,1-4H3. The lowest BCUT2D eigenvalue weighted by Crippen LogP contribution is -2.26. The molecule has 0 saturated carbocycles. The van der Waals surface area contributed by atoms with Gasteiger partial charge in [-0.2, -0.15) is 0 Å². The smallest absolute Gasteiger partial charge is 0.120 e. The van der Waals surface area contributed by atoms with E-state index in [1.54, 1.807) is 0 Å². The average Bonchev–Trinajstić information content (AvgIpc) is 1.62. The Bertz CT molecular complexity index is 83.0. The zero-order valence-electron chi connectivity index (χ0n) is 6.06. The normalized spacial score (nSPS) is 15.5. The largest absolute Gasteiger partial charge is 0.303 e. The fourth-order valence-corrected chi connectivity index (χ4v) is 0.612. The van der Waals surface area contributed by atoms with Crippen LogP contribution in [-0.2, 0) is 4.79 Å². The summed E-state index contributed by atoms with van der Waals surface area (Å²) in [4.78, 5) is 10.2. The summed E-state index contributed by atoms with van der Waals surface area (Å²) in [5.41, 5.74) is 0.308. The SMILES string of the molecule is CC(C=O)[Si](C)(C)C. The van der Waals surface area contributed by atoms with Crippen LogP contribution in [0.15, 0.2) is 0 Å². The Labute approximate surface area is 52.1 Å². The lowest BCUT2D eigenvalue weighted by atomic mass is 10.5. The highest BCUT2D eigenvalue weighted by molar-refractivity contribution is 6.79. The minimum Gasteiger partial charge on any atom is -0.303 e. The van der Waals surface area contributed by atoms with Gasteiger partial charge in [-0.05, 0) is 0 Å². The Morgan fingerprint density at radius 3 is 1.75 bits per heavy atom. The number of hydrogen-bond acceptors (Lipinski definition) is 1. The van der Waals surface area contributed by atoms with Crippen molar-refractivity contribution in [1.82, 2.24) is 0 Å². The van der Waals surface area contributed by atoms with Gasteiger partial charge in [-0.3, -0.25) is 0 Å². The van der Waals surface area contributed by atoms with Gasteiger partial charge < -0.3 is 4.79 Å². The second kappa shape index (κ2) is 2.44. The monoisotopic (exact) mass is 130 g/mol. The molecule has 0 aliphatic carbocycles. The molecule has 0 rings (SSSR count). The molecule has 0 aliphatic heterocycles. The van der Waals surface area contributed by atoms with Crippen LogP contribution in [0, 0.1) is 0 Å². The summed E-state index contributed by atoms with van der Waals surface area (Å²) < 4.78 is 0. The van der Waals surface area contributed by atoms with E-state index >= 15 is 0 Å². The number of hydrogen-bond donors (Lipinski definition) is 0. The molecule has 0 aliphatic rings. The third-order valence-electron chi connectivity index (χ3n) is 1.57. The summed E-state index contributed by atoms with van der Waals surface area (Å²) in [6, 6.07) is 0. The van der Waals surface area contributed by atoms with Crippen molar-refractivity contribution in [2.24, 2.45) is 0 Å². The van der Waals surface area contributed by atoms with Crippen LogP contribution in [0.5, 0.6) is 0 Å². The van der Waals surface area contributed by atoms with E-state index in [2.05, 4.69) is 19.6 Å². The van der Waals surface area contributed by atoms with Crippen molar-refractivity contribution in [2.75, 3.05) is 0 Å². The first kappa shape index (κ1) is 7.89. The van der Waals surface area contributed by atoms with Crippen LogP contribution >= 0.6 is 0 Å². The molecule has 0 spiro atoms. The van der Waals surface area contributed by atoms with Gasteiger partial charge in [0, 0.05) is 5.54 Å². The Morgan fingerprint density at radius 1 is 1.38 bits per heavy atom. The molecule has 0 bridgehead atoms. The fourth-order valence-electron chi connectivity index (χ4n) is 0.204. The first-order chi connectivity index (χ1) is 3.48. The average molecular weight is 130 g/mol. The first-order valence-electron chi connectivity index (χ1n) is 2.94. The molecule has 0 fully saturated rings. The highest BCUT2D eigenvalue weighted by Crippen LogP contribution is 2.16. The predicted molar refractivity (Wildman–Crippen MR) is 38.8 cm³/mol. The van der Waals surface area contributed by atoms with E-state index in [0.717, 1.165) is 6.29 Å². The zero-order valence-corrected chi connectivity index (χ0v) is 7.06. The highest BCUT2D eigenvalue weighted by atomic mass is 28.3. The second-order valence-electron chi connectivity index (χ2n) is 3.29. The van der Waals surface area contributed by atoms with Crippen LogP contribution < -0.4 is 0 Å². The van der Waals surface area contributed by atoms with E-state index in [1.165, 1.54) is 0 Å². The van der Waals surface area contributed by atoms with Crippen molar-refractivity contribution in [3.05, 3.63) is 0 Å². The topological polar surface area (TPSA) is 17.1 Å². The summed E-state index contributed by atoms with van der Waals surface area (Å²) >= 11 is 0. The summed E-state index contributed by atoms with van der Waals surface area (Å²) in [6.45, 7) is 8.60. The van der Waals surface area contributed by atoms with Gasteiger partial charge in [0.1, 0.15) is 6.29 Å². The second-order valence-corrected chi connectivity index (χ2v) is 8.93. The molecule has 0 N–H and O–H groups in total. The lowest BCUT2D eigenvalue weighted by Gasteiger charge is -2.18. The van der Waals surface area contributed by atoms with Crippen molar-refractivity contribution in [2.45, 2.75) is 32.1 Å². The van der Waals surface area contributed by atoms with Crippen LogP contribution in [-0.4, -0.2) is 14.4 Å². The fraction of sp³-hybridized carbons (Fsp3) is 0.833. The lowest BCUT2D eigenvalue weighted by molar-refractivity contribution is -0.107. The van der Waals surface area contributed by atoms with Crippen molar-refractivity contribution < 1.29 is 4.79 Å². The molecule has 1 unspecified atom stereocenters. The maximum atomic E-state index is 10.2. The van der Waals surface area contributed by atoms with Gasteiger partial charge in [-0.1, -0.05) is 26.6 Å². The number of aldehydes is 1. The minimum atomic E-state index is -1.13. The number of carbonyl (C=O) groups excluding carboxylic acids is 1. The molecule has 1 nitrogen and oxygen atoms in total. The molecule has 0 radical (unpaired) electrons. The van der Waals surface area contributed by atoms with E-state index in [4.69, 9.17) is 0 Å². The summed E-state index contributed by atoms with van der Waals surface area (Å²) in [6.07, 6.45) is 1.06. The Hall–Kier alpha value is -0.113. The maximum absolute atomic E-state index is 10.2. The third kappa shape index (κ3) is 2.26. The third-order valence-corrected chi connectivity index (χ3v) is 4.44. The van der Waals surface area contributed by atoms with E-state index < -0.39 is 8.07 Å². The highest BCUT2D eigenvalue weighted by Gasteiger charge is 2.20. The van der Waals surface area contributed by atoms with E-state index in [0.29, 0.717) is 5.54 Å². The molecule has 8 heavy (non-hydrogen) atoms. The van der Waals surface area contributed by atoms with Gasteiger partial charge in [-0.15, -0.1) is 0 Å². The van der Waals surface area contributed by atoms with Crippen molar-refractivity contribution in [3.8, 4) is 0 Å². The van der Waals surface area contributed by atoms with Gasteiger partial charge in [0.25, 0.3) is 0 Å². The summed E-state index contributed by atoms with van der Waals surface area (Å²) in [5, 5.41) is 0. The predicted octanol–water partition coefficient (Wildman–Crippen LogP) is 1.91. The minimum absolute atomic E-state index is 0.308. The Balaban J connectivity index is 3.80. The van der Waals surface area contributed by atoms with Gasteiger partial charge in [0.15, 0.2) is 0 Å². The Morgan fingerprint density at radius 2 is 1.75 bits per heavy atom. The van der Waals surface area contributed by atoms with E-state index in [-0.39, 0.29) is 0 Å². The molecule has 0 amide bonds. The number of rotatable bonds is 2. The van der Waals surface area contributed by atoms with Crippen LogP contribution in [0.25, 0.3) is 0 Å². The van der Waals surface area contributed by atoms with Gasteiger partial charge in [-0.25, -0.2) is 0 Å². The van der Waals surface area contributed by atoms with Crippen molar-refractivity contribution in [3.63, 3.8) is 0 Å². The van der Waals surface area contributed by atoms with Crippen LogP contribution in [0.2, 0.25) is 25.2 Å². The van der Waals surface area contributed by atoms with Crippen LogP contribution in [0.1, 0.15) is 6.92 Å². The number of carbonyl (C=O) groups is 1. The molecule has 0 aromatic rings. The molecule has 0 aromatic carbocycles. The summed E-state index contributed by atoms with van der Waals surface area (Å²) in [5.74, 6) is 0. The van der Waals surface area contributed by atoms with E-state index in [9.17, 15) is 4.79 Å². The quantitative estimate of drug-likeness (QED) is 0.412. The van der Waals surface area contributed by atoms with Crippen molar-refractivity contribution >= 4 is 14.4 Å². The first-order valence-corrected chi connectivity index (χ1v) is 6.51. The van der Waals surface area contributed by atoms with Crippen LogP contribution in [0.4, 0.5) is 0 Å². The van der Waals surface area contributed by atoms with E-state index in [1.807, 2.05) is 6.92 Å². The molecule has 2 heteroatoms. The molecule has 0 saturated heterocycles.